The Morgan fingerprint density at radius 1 is 0.706 bits per heavy atom. The van der Waals surface area contributed by atoms with Gasteiger partial charge in [0.15, 0.2) is 11.6 Å². The summed E-state index contributed by atoms with van der Waals surface area (Å²) in [5.41, 5.74) is 1.55. The van der Waals surface area contributed by atoms with E-state index in [0.29, 0.717) is 61.3 Å². The van der Waals surface area contributed by atoms with Crippen LogP contribution in [0.5, 0.6) is 0 Å². The molecule has 0 heterocycles. The number of hydrogen-bond acceptors (Lipinski definition) is 6. The minimum Gasteiger partial charge on any atom is -0.511 e. The van der Waals surface area contributed by atoms with E-state index in [-0.39, 0.29) is 46.8 Å². The molecule has 0 aromatic carbocycles. The summed E-state index contributed by atoms with van der Waals surface area (Å²) >= 11 is 0. The number of carbonyl (C=O) groups is 2. The van der Waals surface area contributed by atoms with Gasteiger partial charge in [0.05, 0.1) is 11.1 Å². The van der Waals surface area contributed by atoms with Crippen molar-refractivity contribution < 1.29 is 19.8 Å². The van der Waals surface area contributed by atoms with Crippen LogP contribution in [0.3, 0.4) is 0 Å². The minimum atomic E-state index is -0.193. The predicted octanol–water partition coefficient (Wildman–Crippen LogP) is 6.65. The number of hydrogen-bond donors (Lipinski definition) is 2. The molecule has 0 spiro atoms. The van der Waals surface area contributed by atoms with Crippen molar-refractivity contribution in [2.24, 2.45) is 20.8 Å². The fourth-order valence-corrected chi connectivity index (χ4v) is 4.73. The van der Waals surface area contributed by atoms with E-state index >= 15 is 0 Å². The second kappa shape index (κ2) is 11.9. The average Bonchev–Trinajstić information content (AvgIpc) is 2.70. The van der Waals surface area contributed by atoms with Crippen LogP contribution < -0.4 is 0 Å². The van der Waals surface area contributed by atoms with Gasteiger partial charge in [-0.1, -0.05) is 54.4 Å². The SMILES string of the molecule is CCCCN=C1CC(C)(C)CC(=O)C1=C(O)CCC(O)=C1C(=O)CC(C)(C)CC1=NCCCC. The standard InChI is InChI=1S/C28H44N2O4/c1-7-9-13-29-19-15-27(3,4)17-23(33)25(19)21(31)11-12-22(32)26-20(30-14-10-8-2)16-28(5,6)18-24(26)34/h31-32H,7-18H2,1-6H3. The monoisotopic (exact) mass is 472 g/mol. The second-order valence-corrected chi connectivity index (χ2v) is 11.4. The average molecular weight is 473 g/mol. The molecule has 0 saturated heterocycles. The molecule has 6 heteroatoms. The van der Waals surface area contributed by atoms with Gasteiger partial charge in [-0.15, -0.1) is 0 Å². The largest absolute Gasteiger partial charge is 0.511 e. The lowest BCUT2D eigenvalue weighted by Gasteiger charge is -2.32. The van der Waals surface area contributed by atoms with E-state index < -0.39 is 0 Å². The molecule has 0 amide bonds. The maximum absolute atomic E-state index is 12.9. The molecule has 2 rings (SSSR count). The highest BCUT2D eigenvalue weighted by atomic mass is 16.3. The Morgan fingerprint density at radius 3 is 1.38 bits per heavy atom. The molecule has 2 aliphatic carbocycles. The molecule has 0 bridgehead atoms. The number of unbranched alkanes of at least 4 members (excludes halogenated alkanes) is 2. The molecule has 190 valence electrons. The van der Waals surface area contributed by atoms with Crippen LogP contribution in [0, 0.1) is 10.8 Å². The summed E-state index contributed by atoms with van der Waals surface area (Å²) in [6.07, 6.45) is 6.02. The third-order valence-electron chi connectivity index (χ3n) is 6.51. The summed E-state index contributed by atoms with van der Waals surface area (Å²) in [5.74, 6) is -0.297. The van der Waals surface area contributed by atoms with E-state index in [1.807, 2.05) is 27.7 Å². The van der Waals surface area contributed by atoms with E-state index in [0.717, 1.165) is 25.7 Å². The van der Waals surface area contributed by atoms with Crippen molar-refractivity contribution in [2.45, 2.75) is 106 Å². The molecule has 34 heavy (non-hydrogen) atoms. The van der Waals surface area contributed by atoms with Crippen LogP contribution in [0.15, 0.2) is 32.6 Å². The number of ketones is 2. The first-order chi connectivity index (χ1) is 15.9. The topological polar surface area (TPSA) is 99.3 Å². The van der Waals surface area contributed by atoms with E-state index in [1.165, 1.54) is 0 Å². The van der Waals surface area contributed by atoms with Crippen molar-refractivity contribution >= 4 is 23.0 Å². The minimum absolute atomic E-state index is 0.0454. The fraction of sp³-hybridized carbons (Fsp3) is 0.714. The highest BCUT2D eigenvalue weighted by Crippen LogP contribution is 2.38. The van der Waals surface area contributed by atoms with Crippen molar-refractivity contribution in [3.63, 3.8) is 0 Å². The molecule has 2 N–H and O–H groups in total. The van der Waals surface area contributed by atoms with Gasteiger partial charge in [0.25, 0.3) is 0 Å². The number of carbonyl (C=O) groups excluding carboxylic acids is 2. The first-order valence-corrected chi connectivity index (χ1v) is 12.9. The first-order valence-electron chi connectivity index (χ1n) is 12.9. The van der Waals surface area contributed by atoms with Crippen LogP contribution in [0.1, 0.15) is 106 Å². The van der Waals surface area contributed by atoms with Gasteiger partial charge in [0, 0.05) is 50.2 Å². The summed E-state index contributed by atoms with van der Waals surface area (Å²) in [4.78, 5) is 35.1. The number of aliphatic imine (C=N–C) groups is 2. The third kappa shape index (κ3) is 7.64. The van der Waals surface area contributed by atoms with E-state index in [4.69, 9.17) is 0 Å². The van der Waals surface area contributed by atoms with Crippen molar-refractivity contribution in [3.05, 3.63) is 22.7 Å². The summed E-state index contributed by atoms with van der Waals surface area (Å²) in [6, 6.07) is 0. The molecule has 2 fully saturated rings. The molecule has 0 unspecified atom stereocenters. The Labute approximate surface area is 205 Å². The van der Waals surface area contributed by atoms with Gasteiger partial charge < -0.3 is 10.2 Å². The van der Waals surface area contributed by atoms with Crippen molar-refractivity contribution in [1.29, 1.82) is 0 Å². The van der Waals surface area contributed by atoms with Gasteiger partial charge in [-0.25, -0.2) is 0 Å². The van der Waals surface area contributed by atoms with Gasteiger partial charge in [-0.05, 0) is 36.5 Å². The maximum atomic E-state index is 12.9. The van der Waals surface area contributed by atoms with Gasteiger partial charge >= 0.3 is 0 Å². The number of aliphatic hydroxyl groups is 2. The number of nitrogens with zero attached hydrogens (tertiary/aromatic N) is 2. The number of rotatable bonds is 9. The van der Waals surface area contributed by atoms with Crippen LogP contribution >= 0.6 is 0 Å². The zero-order chi connectivity index (χ0) is 25.5. The third-order valence-corrected chi connectivity index (χ3v) is 6.51. The maximum Gasteiger partial charge on any atom is 0.168 e. The zero-order valence-electron chi connectivity index (χ0n) is 22.1. The second-order valence-electron chi connectivity index (χ2n) is 11.4. The van der Waals surface area contributed by atoms with Gasteiger partial charge in [0.1, 0.15) is 11.5 Å². The lowest BCUT2D eigenvalue weighted by molar-refractivity contribution is -0.118. The molecule has 2 aliphatic rings. The van der Waals surface area contributed by atoms with Crippen LogP contribution in [0.2, 0.25) is 0 Å². The summed E-state index contributed by atoms with van der Waals surface area (Å²) in [5, 5.41) is 21.8. The molecule has 0 radical (unpaired) electrons. The number of aliphatic hydroxyl groups excluding tert-OH is 2. The molecule has 0 aromatic heterocycles. The summed E-state index contributed by atoms with van der Waals surface area (Å²) in [7, 11) is 0. The van der Waals surface area contributed by atoms with Crippen LogP contribution in [-0.2, 0) is 9.59 Å². The summed E-state index contributed by atoms with van der Waals surface area (Å²) < 4.78 is 0. The van der Waals surface area contributed by atoms with Crippen LogP contribution in [-0.4, -0.2) is 46.3 Å². The molecular weight excluding hydrogens is 428 g/mol. The van der Waals surface area contributed by atoms with E-state index in [1.54, 1.807) is 0 Å². The van der Waals surface area contributed by atoms with E-state index in [9.17, 15) is 19.8 Å². The number of allylic oxidation sites excluding steroid dienone is 4. The molecule has 0 aliphatic heterocycles. The smallest absolute Gasteiger partial charge is 0.168 e. The Hall–Kier alpha value is -2.24. The number of Topliss-reactive ketones (excluding diaryl/α,β-unsaturated/α-hetero) is 2. The highest BCUT2D eigenvalue weighted by molar-refractivity contribution is 6.25. The Kier molecular flexibility index (Phi) is 9.84. The lowest BCUT2D eigenvalue weighted by Crippen LogP contribution is -2.33. The molecule has 0 atom stereocenters. The Bertz CT molecular complexity index is 829. The van der Waals surface area contributed by atoms with Gasteiger partial charge in [-0.2, -0.15) is 0 Å². The van der Waals surface area contributed by atoms with E-state index in [2.05, 4.69) is 23.8 Å². The molecular formula is C28H44N2O4. The van der Waals surface area contributed by atoms with Crippen molar-refractivity contribution in [3.8, 4) is 0 Å². The molecule has 2 saturated carbocycles. The normalized spacial score (nSPS) is 25.7. The highest BCUT2D eigenvalue weighted by Gasteiger charge is 2.37. The van der Waals surface area contributed by atoms with Crippen molar-refractivity contribution in [1.82, 2.24) is 0 Å². The zero-order valence-corrected chi connectivity index (χ0v) is 22.1. The Morgan fingerprint density at radius 2 is 1.06 bits per heavy atom. The predicted molar refractivity (Wildman–Crippen MR) is 139 cm³/mol. The van der Waals surface area contributed by atoms with Crippen LogP contribution in [0.4, 0.5) is 0 Å². The van der Waals surface area contributed by atoms with Gasteiger partial charge in [-0.3, -0.25) is 19.6 Å². The van der Waals surface area contributed by atoms with Crippen LogP contribution in [0.25, 0.3) is 0 Å². The Balaban J connectivity index is 2.32. The lowest BCUT2D eigenvalue weighted by atomic mass is 9.72. The van der Waals surface area contributed by atoms with Crippen molar-refractivity contribution in [2.75, 3.05) is 13.1 Å². The quantitative estimate of drug-likeness (QED) is 0.223. The summed E-state index contributed by atoms with van der Waals surface area (Å²) in [6.45, 7) is 13.6. The fourth-order valence-electron chi connectivity index (χ4n) is 4.73. The molecule has 0 aromatic rings. The van der Waals surface area contributed by atoms with Gasteiger partial charge in [0.2, 0.25) is 0 Å². The molecule has 6 nitrogen and oxygen atoms in total. The first kappa shape index (κ1) is 28.0.